The molecule has 0 aliphatic heterocycles. The Kier molecular flexibility index (Phi) is 7.35. The van der Waals surface area contributed by atoms with Crippen LogP contribution >= 0.6 is 0 Å². The summed E-state index contributed by atoms with van der Waals surface area (Å²) in [6.45, 7) is 6.68. The normalized spacial score (nSPS) is 12.7. The fourth-order valence-electron chi connectivity index (χ4n) is 3.06. The smallest absolute Gasteiger partial charge is 0.355 e. The molecule has 2 N–H and O–H groups in total. The minimum atomic E-state index is -4.43. The highest BCUT2D eigenvalue weighted by Crippen LogP contribution is 2.32. The van der Waals surface area contributed by atoms with E-state index in [0.717, 1.165) is 17.7 Å². The average Bonchev–Trinajstić information content (AvgIpc) is 3.18. The molecule has 8 heteroatoms. The number of aromatic nitrogens is 1. The average molecular weight is 445 g/mol. The molecule has 3 aromatic rings. The third kappa shape index (κ3) is 5.76. The van der Waals surface area contributed by atoms with Crippen LogP contribution in [0, 0.1) is 5.92 Å². The van der Waals surface area contributed by atoms with Gasteiger partial charge in [-0.25, -0.2) is 0 Å². The van der Waals surface area contributed by atoms with E-state index in [9.17, 15) is 18.0 Å². The predicted octanol–water partition coefficient (Wildman–Crippen LogP) is 5.42. The molecule has 1 heterocycles. The van der Waals surface area contributed by atoms with Crippen LogP contribution in [0.3, 0.4) is 0 Å². The SMILES string of the molecule is CC(C)C(C)NC(=O)c1noc(-c2ccc(C(F)(F)F)cc2)c1CNCc1ccccc1. The molecule has 0 aliphatic rings. The highest BCUT2D eigenvalue weighted by molar-refractivity contribution is 5.95. The number of carbonyl (C=O) groups is 1. The van der Waals surface area contributed by atoms with Gasteiger partial charge in [0.15, 0.2) is 11.5 Å². The van der Waals surface area contributed by atoms with E-state index in [1.165, 1.54) is 12.1 Å². The van der Waals surface area contributed by atoms with Gasteiger partial charge < -0.3 is 15.2 Å². The quantitative estimate of drug-likeness (QED) is 0.486. The van der Waals surface area contributed by atoms with Crippen molar-refractivity contribution in [1.82, 2.24) is 15.8 Å². The molecule has 1 amide bonds. The van der Waals surface area contributed by atoms with Crippen LogP contribution in [0.1, 0.15) is 48.0 Å². The maximum atomic E-state index is 12.9. The Labute approximate surface area is 185 Å². The molecule has 2 aromatic carbocycles. The van der Waals surface area contributed by atoms with Crippen LogP contribution in [-0.2, 0) is 19.3 Å². The summed E-state index contributed by atoms with van der Waals surface area (Å²) in [6.07, 6.45) is -4.43. The number of carbonyl (C=O) groups excluding carboxylic acids is 1. The minimum Gasteiger partial charge on any atom is -0.355 e. The molecule has 0 bridgehead atoms. The Bertz CT molecular complexity index is 1030. The monoisotopic (exact) mass is 445 g/mol. The minimum absolute atomic E-state index is 0.0844. The second-order valence-electron chi connectivity index (χ2n) is 8.01. The van der Waals surface area contributed by atoms with Crippen molar-refractivity contribution in [3.8, 4) is 11.3 Å². The van der Waals surface area contributed by atoms with Gasteiger partial charge in [-0.3, -0.25) is 4.79 Å². The maximum absolute atomic E-state index is 12.9. The summed E-state index contributed by atoms with van der Waals surface area (Å²) >= 11 is 0. The number of halogens is 3. The zero-order valence-electron chi connectivity index (χ0n) is 18.2. The zero-order chi connectivity index (χ0) is 23.3. The molecule has 0 spiro atoms. The van der Waals surface area contributed by atoms with Crippen molar-refractivity contribution in [2.24, 2.45) is 5.92 Å². The lowest BCUT2D eigenvalue weighted by molar-refractivity contribution is -0.137. The van der Waals surface area contributed by atoms with E-state index >= 15 is 0 Å². The van der Waals surface area contributed by atoms with Crippen LogP contribution in [0.25, 0.3) is 11.3 Å². The first-order valence-corrected chi connectivity index (χ1v) is 10.4. The van der Waals surface area contributed by atoms with Crippen LogP contribution < -0.4 is 10.6 Å². The van der Waals surface area contributed by atoms with Crippen LogP contribution in [0.2, 0.25) is 0 Å². The van der Waals surface area contributed by atoms with Gasteiger partial charge in [-0.15, -0.1) is 0 Å². The molecule has 0 saturated heterocycles. The second kappa shape index (κ2) is 9.99. The Morgan fingerprint density at radius 2 is 1.66 bits per heavy atom. The Morgan fingerprint density at radius 3 is 2.25 bits per heavy atom. The Balaban J connectivity index is 1.88. The predicted molar refractivity (Wildman–Crippen MR) is 116 cm³/mol. The first-order chi connectivity index (χ1) is 15.2. The van der Waals surface area contributed by atoms with Gasteiger partial charge in [-0.2, -0.15) is 13.2 Å². The topological polar surface area (TPSA) is 67.2 Å². The lowest BCUT2D eigenvalue weighted by Crippen LogP contribution is -2.37. The van der Waals surface area contributed by atoms with Crippen LogP contribution in [-0.4, -0.2) is 17.1 Å². The van der Waals surface area contributed by atoms with Crippen molar-refractivity contribution in [1.29, 1.82) is 0 Å². The first-order valence-electron chi connectivity index (χ1n) is 10.4. The third-order valence-corrected chi connectivity index (χ3v) is 5.31. The largest absolute Gasteiger partial charge is 0.416 e. The summed E-state index contributed by atoms with van der Waals surface area (Å²) in [5, 5.41) is 10.1. The van der Waals surface area contributed by atoms with Gasteiger partial charge in [0.25, 0.3) is 5.91 Å². The number of amides is 1. The highest BCUT2D eigenvalue weighted by Gasteiger charge is 2.31. The van der Waals surface area contributed by atoms with Gasteiger partial charge in [0, 0.05) is 30.3 Å². The molecule has 3 rings (SSSR count). The van der Waals surface area contributed by atoms with Gasteiger partial charge in [-0.05, 0) is 30.5 Å². The van der Waals surface area contributed by atoms with Gasteiger partial charge in [0.05, 0.1) is 5.56 Å². The summed E-state index contributed by atoms with van der Waals surface area (Å²) in [4.78, 5) is 12.8. The molecule has 170 valence electrons. The second-order valence-corrected chi connectivity index (χ2v) is 8.01. The van der Waals surface area contributed by atoms with Crippen molar-refractivity contribution in [3.05, 3.63) is 77.0 Å². The molecule has 1 aromatic heterocycles. The standard InChI is InChI=1S/C24H26F3N3O2/c1-15(2)16(3)29-23(31)21-20(14-28-13-17-7-5-4-6-8-17)22(32-30-21)18-9-11-19(12-10-18)24(25,26)27/h4-12,15-16,28H,13-14H2,1-3H3,(H,29,31). The lowest BCUT2D eigenvalue weighted by atomic mass is 10.0. The fourth-order valence-corrected chi connectivity index (χ4v) is 3.06. The van der Waals surface area contributed by atoms with Crippen molar-refractivity contribution in [2.75, 3.05) is 0 Å². The number of nitrogens with one attached hydrogen (secondary N) is 2. The van der Waals surface area contributed by atoms with Gasteiger partial charge in [0.1, 0.15) is 0 Å². The van der Waals surface area contributed by atoms with Gasteiger partial charge in [-0.1, -0.05) is 61.5 Å². The summed E-state index contributed by atoms with van der Waals surface area (Å²) in [6, 6.07) is 14.2. The summed E-state index contributed by atoms with van der Waals surface area (Å²) in [5.41, 5.74) is 1.33. The van der Waals surface area contributed by atoms with E-state index in [2.05, 4.69) is 15.8 Å². The summed E-state index contributed by atoms with van der Waals surface area (Å²) in [5.74, 6) is 0.103. The molecule has 0 aliphatic carbocycles. The van der Waals surface area contributed by atoms with Crippen molar-refractivity contribution in [3.63, 3.8) is 0 Å². The van der Waals surface area contributed by atoms with Crippen LogP contribution in [0.15, 0.2) is 59.1 Å². The fraction of sp³-hybridized carbons (Fsp3) is 0.333. The van der Waals surface area contributed by atoms with Crippen molar-refractivity contribution in [2.45, 2.75) is 46.1 Å². The third-order valence-electron chi connectivity index (χ3n) is 5.31. The molecule has 0 saturated carbocycles. The Hall–Kier alpha value is -3.13. The molecule has 32 heavy (non-hydrogen) atoms. The van der Waals surface area contributed by atoms with E-state index in [-0.39, 0.29) is 35.9 Å². The van der Waals surface area contributed by atoms with E-state index in [1.54, 1.807) is 0 Å². The number of nitrogens with zero attached hydrogens (tertiary/aromatic N) is 1. The van der Waals surface area contributed by atoms with Crippen molar-refractivity contribution < 1.29 is 22.5 Å². The van der Waals surface area contributed by atoms with Gasteiger partial charge >= 0.3 is 6.18 Å². The molecular formula is C24H26F3N3O2. The lowest BCUT2D eigenvalue weighted by Gasteiger charge is -2.17. The number of hydrogen-bond acceptors (Lipinski definition) is 4. The summed E-state index contributed by atoms with van der Waals surface area (Å²) in [7, 11) is 0. The van der Waals surface area contributed by atoms with E-state index < -0.39 is 11.7 Å². The molecule has 1 atom stereocenters. The molecular weight excluding hydrogens is 419 g/mol. The number of alkyl halides is 3. The van der Waals surface area contributed by atoms with Crippen LogP contribution in [0.4, 0.5) is 13.2 Å². The number of hydrogen-bond donors (Lipinski definition) is 2. The van der Waals surface area contributed by atoms with E-state index in [4.69, 9.17) is 4.52 Å². The molecule has 0 fully saturated rings. The zero-order valence-corrected chi connectivity index (χ0v) is 18.2. The molecule has 5 nitrogen and oxygen atoms in total. The van der Waals surface area contributed by atoms with E-state index in [1.807, 2.05) is 51.1 Å². The molecule has 0 radical (unpaired) electrons. The summed E-state index contributed by atoms with van der Waals surface area (Å²) < 4.78 is 44.2. The van der Waals surface area contributed by atoms with Crippen LogP contribution in [0.5, 0.6) is 0 Å². The Morgan fingerprint density at radius 1 is 1.00 bits per heavy atom. The number of rotatable bonds is 8. The first kappa shape index (κ1) is 23.5. The maximum Gasteiger partial charge on any atom is 0.416 e. The van der Waals surface area contributed by atoms with Crippen molar-refractivity contribution >= 4 is 5.91 Å². The van der Waals surface area contributed by atoms with E-state index in [0.29, 0.717) is 17.7 Å². The molecule has 1 unspecified atom stereocenters. The van der Waals surface area contributed by atoms with Gasteiger partial charge in [0.2, 0.25) is 0 Å². The number of benzene rings is 2. The highest BCUT2D eigenvalue weighted by atomic mass is 19.4.